The summed E-state index contributed by atoms with van der Waals surface area (Å²) in [6, 6.07) is 14.6. The second kappa shape index (κ2) is 7.25. The van der Waals surface area contributed by atoms with Crippen molar-refractivity contribution in [2.45, 2.75) is 26.0 Å². The third kappa shape index (κ3) is 3.91. The van der Waals surface area contributed by atoms with Crippen LogP contribution in [-0.2, 0) is 4.79 Å². The standard InChI is InChI=1S/C19H21N3O3/c1-12(18-21-16-6-4-5-7-17(16)22-18)20-19(23)13(2)25-15-10-8-14(24-3)9-11-15/h4-13H,1-3H3,(H,20,23)(H,21,22)/t12-,13?/m0/s1. The molecule has 2 aromatic carbocycles. The molecule has 1 heterocycles. The fourth-order valence-corrected chi connectivity index (χ4v) is 2.49. The molecule has 6 heteroatoms. The predicted molar refractivity (Wildman–Crippen MR) is 95.7 cm³/mol. The molecule has 1 amide bonds. The monoisotopic (exact) mass is 339 g/mol. The van der Waals surface area contributed by atoms with Crippen molar-refractivity contribution in [2.75, 3.05) is 7.11 Å². The topological polar surface area (TPSA) is 76.2 Å². The van der Waals surface area contributed by atoms with Gasteiger partial charge in [0.15, 0.2) is 6.10 Å². The molecule has 1 unspecified atom stereocenters. The molecule has 0 bridgehead atoms. The zero-order valence-electron chi connectivity index (χ0n) is 14.4. The van der Waals surface area contributed by atoms with Crippen molar-refractivity contribution >= 4 is 16.9 Å². The van der Waals surface area contributed by atoms with Crippen molar-refractivity contribution in [3.8, 4) is 11.5 Å². The van der Waals surface area contributed by atoms with Gasteiger partial charge in [-0.1, -0.05) is 12.1 Å². The number of para-hydroxylation sites is 2. The molecule has 130 valence electrons. The number of rotatable bonds is 6. The molecule has 0 radical (unpaired) electrons. The number of carbonyl (C=O) groups excluding carboxylic acids is 1. The number of methoxy groups -OCH3 is 1. The van der Waals surface area contributed by atoms with E-state index in [1.165, 1.54) is 0 Å². The lowest BCUT2D eigenvalue weighted by atomic mass is 10.2. The van der Waals surface area contributed by atoms with Gasteiger partial charge in [-0.3, -0.25) is 4.79 Å². The summed E-state index contributed by atoms with van der Waals surface area (Å²) in [5.74, 6) is 1.86. The van der Waals surface area contributed by atoms with E-state index in [0.717, 1.165) is 16.8 Å². The van der Waals surface area contributed by atoms with Gasteiger partial charge in [-0.2, -0.15) is 0 Å². The number of nitrogens with one attached hydrogen (secondary N) is 2. The molecule has 1 aromatic heterocycles. The van der Waals surface area contributed by atoms with Crippen molar-refractivity contribution in [2.24, 2.45) is 0 Å². The minimum Gasteiger partial charge on any atom is -0.497 e. The summed E-state index contributed by atoms with van der Waals surface area (Å²) in [5.41, 5.74) is 1.82. The number of hydrogen-bond acceptors (Lipinski definition) is 4. The summed E-state index contributed by atoms with van der Waals surface area (Å²) in [5, 5.41) is 2.92. The summed E-state index contributed by atoms with van der Waals surface area (Å²) in [4.78, 5) is 20.1. The normalized spacial score (nSPS) is 13.2. The molecule has 3 aromatic rings. The van der Waals surface area contributed by atoms with E-state index in [2.05, 4.69) is 15.3 Å². The number of nitrogens with zero attached hydrogens (tertiary/aromatic N) is 1. The Bertz CT molecular complexity index is 825. The number of fused-ring (bicyclic) bond motifs is 1. The maximum absolute atomic E-state index is 12.4. The maximum Gasteiger partial charge on any atom is 0.261 e. The van der Waals surface area contributed by atoms with E-state index >= 15 is 0 Å². The Morgan fingerprint density at radius 2 is 1.76 bits per heavy atom. The molecule has 6 nitrogen and oxygen atoms in total. The second-order valence-electron chi connectivity index (χ2n) is 5.81. The Morgan fingerprint density at radius 3 is 2.44 bits per heavy atom. The van der Waals surface area contributed by atoms with Gasteiger partial charge in [0.05, 0.1) is 24.2 Å². The van der Waals surface area contributed by atoms with E-state index in [-0.39, 0.29) is 11.9 Å². The predicted octanol–water partition coefficient (Wildman–Crippen LogP) is 3.22. The van der Waals surface area contributed by atoms with Crippen molar-refractivity contribution in [3.63, 3.8) is 0 Å². The third-order valence-electron chi connectivity index (χ3n) is 3.92. The SMILES string of the molecule is COc1ccc(OC(C)C(=O)N[C@@H](C)c2nc3ccccc3[nH]2)cc1. The Morgan fingerprint density at radius 1 is 1.08 bits per heavy atom. The van der Waals surface area contributed by atoms with E-state index in [1.807, 2.05) is 31.2 Å². The molecule has 2 atom stereocenters. The first-order valence-corrected chi connectivity index (χ1v) is 8.12. The fourth-order valence-electron chi connectivity index (χ4n) is 2.49. The van der Waals surface area contributed by atoms with E-state index in [1.54, 1.807) is 38.3 Å². The van der Waals surface area contributed by atoms with Crippen LogP contribution in [0.3, 0.4) is 0 Å². The number of carbonyl (C=O) groups is 1. The van der Waals surface area contributed by atoms with Crippen LogP contribution in [0.1, 0.15) is 25.7 Å². The number of aromatic nitrogens is 2. The Balaban J connectivity index is 1.61. The number of hydrogen-bond donors (Lipinski definition) is 2. The van der Waals surface area contributed by atoms with Crippen molar-refractivity contribution in [3.05, 3.63) is 54.4 Å². The van der Waals surface area contributed by atoms with Gasteiger partial charge in [0.1, 0.15) is 17.3 Å². The van der Waals surface area contributed by atoms with Crippen LogP contribution in [-0.4, -0.2) is 29.1 Å². The van der Waals surface area contributed by atoms with Crippen LogP contribution >= 0.6 is 0 Å². The molecule has 0 saturated heterocycles. The van der Waals surface area contributed by atoms with Crippen molar-refractivity contribution < 1.29 is 14.3 Å². The minimum absolute atomic E-state index is 0.205. The summed E-state index contributed by atoms with van der Waals surface area (Å²) in [6.45, 7) is 3.60. The van der Waals surface area contributed by atoms with Crippen molar-refractivity contribution in [1.82, 2.24) is 15.3 Å². The third-order valence-corrected chi connectivity index (χ3v) is 3.92. The smallest absolute Gasteiger partial charge is 0.261 e. The van der Waals surface area contributed by atoms with Crippen LogP contribution in [0.25, 0.3) is 11.0 Å². The molecule has 0 aliphatic carbocycles. The average Bonchev–Trinajstić information content (AvgIpc) is 3.06. The average molecular weight is 339 g/mol. The highest BCUT2D eigenvalue weighted by atomic mass is 16.5. The highest BCUT2D eigenvalue weighted by Gasteiger charge is 2.19. The van der Waals surface area contributed by atoms with Gasteiger partial charge in [-0.25, -0.2) is 4.98 Å². The maximum atomic E-state index is 12.4. The first kappa shape index (κ1) is 16.8. The highest BCUT2D eigenvalue weighted by Crippen LogP contribution is 2.19. The van der Waals surface area contributed by atoms with Gasteiger partial charge in [0.2, 0.25) is 0 Å². The highest BCUT2D eigenvalue weighted by molar-refractivity contribution is 5.81. The number of aromatic amines is 1. The van der Waals surface area contributed by atoms with E-state index in [0.29, 0.717) is 11.6 Å². The van der Waals surface area contributed by atoms with E-state index < -0.39 is 6.10 Å². The van der Waals surface area contributed by atoms with E-state index in [4.69, 9.17) is 9.47 Å². The Labute approximate surface area is 146 Å². The van der Waals surface area contributed by atoms with Gasteiger partial charge >= 0.3 is 0 Å². The molecule has 0 aliphatic heterocycles. The summed E-state index contributed by atoms with van der Waals surface area (Å²) >= 11 is 0. The Kier molecular flexibility index (Phi) is 4.88. The number of amides is 1. The van der Waals surface area contributed by atoms with Crippen LogP contribution in [0.5, 0.6) is 11.5 Å². The first-order valence-electron chi connectivity index (χ1n) is 8.12. The fraction of sp³-hybridized carbons (Fsp3) is 0.263. The van der Waals surface area contributed by atoms with Crippen LogP contribution in [0.2, 0.25) is 0 Å². The number of H-pyrrole nitrogens is 1. The quantitative estimate of drug-likeness (QED) is 0.723. The molecule has 0 saturated carbocycles. The summed E-state index contributed by atoms with van der Waals surface area (Å²) in [7, 11) is 1.60. The Hall–Kier alpha value is -3.02. The molecule has 2 N–H and O–H groups in total. The minimum atomic E-state index is -0.625. The lowest BCUT2D eigenvalue weighted by Gasteiger charge is -2.17. The number of imidazole rings is 1. The van der Waals surface area contributed by atoms with Gasteiger partial charge in [-0.15, -0.1) is 0 Å². The molecule has 3 rings (SSSR count). The second-order valence-corrected chi connectivity index (χ2v) is 5.81. The van der Waals surface area contributed by atoms with Crippen LogP contribution in [0, 0.1) is 0 Å². The van der Waals surface area contributed by atoms with Gasteiger partial charge in [0.25, 0.3) is 5.91 Å². The lowest BCUT2D eigenvalue weighted by Crippen LogP contribution is -2.38. The molecule has 0 aliphatic rings. The number of ether oxygens (including phenoxy) is 2. The first-order chi connectivity index (χ1) is 12.1. The molecular weight excluding hydrogens is 318 g/mol. The van der Waals surface area contributed by atoms with Gasteiger partial charge in [-0.05, 0) is 50.2 Å². The molecular formula is C19H21N3O3. The van der Waals surface area contributed by atoms with Crippen molar-refractivity contribution in [1.29, 1.82) is 0 Å². The lowest BCUT2D eigenvalue weighted by molar-refractivity contribution is -0.128. The molecule has 0 fully saturated rings. The zero-order chi connectivity index (χ0) is 17.8. The van der Waals surface area contributed by atoms with Crippen LogP contribution in [0.15, 0.2) is 48.5 Å². The molecule has 0 spiro atoms. The largest absolute Gasteiger partial charge is 0.497 e. The zero-order valence-corrected chi connectivity index (χ0v) is 14.4. The van der Waals surface area contributed by atoms with E-state index in [9.17, 15) is 4.79 Å². The number of benzene rings is 2. The van der Waals surface area contributed by atoms with Gasteiger partial charge < -0.3 is 19.8 Å². The summed E-state index contributed by atoms with van der Waals surface area (Å²) < 4.78 is 10.8. The van der Waals surface area contributed by atoms with Crippen LogP contribution < -0.4 is 14.8 Å². The van der Waals surface area contributed by atoms with Crippen LogP contribution in [0.4, 0.5) is 0 Å². The summed E-state index contributed by atoms with van der Waals surface area (Å²) in [6.07, 6.45) is -0.625. The molecule has 25 heavy (non-hydrogen) atoms. The van der Waals surface area contributed by atoms with Gasteiger partial charge in [0, 0.05) is 0 Å².